The van der Waals surface area contributed by atoms with Gasteiger partial charge in [-0.15, -0.1) is 0 Å². The summed E-state index contributed by atoms with van der Waals surface area (Å²) in [5.41, 5.74) is 0. The lowest BCUT2D eigenvalue weighted by molar-refractivity contribution is 0.687. The van der Waals surface area contributed by atoms with Crippen LogP contribution in [0.5, 0.6) is 0 Å². The second-order valence-electron chi connectivity index (χ2n) is 29.8. The molecule has 114 heavy (non-hydrogen) atoms. The highest BCUT2D eigenvalue weighted by atomic mass is 32.2. The molecule has 0 unspecified atom stereocenters. The fourth-order valence-electron chi connectivity index (χ4n) is 7.06. The molecular formula is C78H138N18S18. The summed E-state index contributed by atoms with van der Waals surface area (Å²) in [6.07, 6.45) is 10.7. The Morgan fingerprint density at radius 3 is 0.526 bits per heavy atom. The van der Waals surface area contributed by atoms with Crippen LogP contribution in [0.25, 0.3) is 0 Å². The highest BCUT2D eigenvalue weighted by molar-refractivity contribution is 8.04. The number of unbranched alkanes of at least 4 members (excludes halogenated alkanes) is 3. The monoisotopic (exact) mass is 1900 g/mol. The number of hydrogen-bond acceptors (Lipinski definition) is 36. The minimum atomic E-state index is 0.0920. The normalized spacial score (nSPS) is 11.7. The SMILES string of the molecule is CC(C)(C)Sc1nc(SC(C)(C)C)nc(SC(C)(C)C)n1.CC(C)CSc1nc(SCC(C)C)nc(SCC(C)C)n1.CC(C)Sc1nc(SC(C)C)nc(SC(C)C)n1.CCCCSc1nc(SCCCC)nc(SCCCC)n1.CCCSc1nc(SCCC)nc(SCCC)n1.CCSc1nc(SCC)nc(SCC)n1. The van der Waals surface area contributed by atoms with Crippen molar-refractivity contribution in [1.82, 2.24) is 89.7 Å². The fourth-order valence-corrected chi connectivity index (χ4v) is 21.5. The predicted octanol–water partition coefficient (Wildman–Crippen LogP) is 28.2. The third kappa shape index (κ3) is 61.6. The van der Waals surface area contributed by atoms with Crippen molar-refractivity contribution in [2.24, 2.45) is 17.8 Å². The number of rotatable bonds is 45. The van der Waals surface area contributed by atoms with Gasteiger partial charge in [-0.1, -0.05) is 439 Å². The smallest absolute Gasteiger partial charge is 0.193 e. The standard InChI is InChI=1S/3C15H27N3S3.2C12H21N3S3.C9H15N3S3/c1-13(2,3)19-10-16-11(20-14(4,5)6)18-12(17-10)21-15(7,8)9;1-10(2)7-19-13-16-14(20-8-11(3)4)18-15(17-13)21-9-12(5)6;1-4-7-10-19-13-16-14(20-11-8-5-2)18-15(17-13)21-12-9-6-3;1-7(2)16-10-13-11(17-8(3)4)15-12(14-10)18-9(5)6;1-4-7-16-10-13-11(17-8-5-2)15-12(14-10)18-9-6-3;1-4-13-7-10-8(14-5-2)12-9(11-7)15-6-3/h1-9H3;10-12H,7-9H2,1-6H3;4-12H2,1-3H3;7-9H,1-6H3;4-9H2,1-3H3;4-6H2,1-3H3. The van der Waals surface area contributed by atoms with Crippen LogP contribution in [0.2, 0.25) is 0 Å². The van der Waals surface area contributed by atoms with E-state index in [0.717, 1.165) is 181 Å². The van der Waals surface area contributed by atoms with E-state index in [9.17, 15) is 0 Å². The van der Waals surface area contributed by atoms with Crippen molar-refractivity contribution < 1.29 is 0 Å². The summed E-state index contributed by atoms with van der Waals surface area (Å²) in [5.74, 6) is 14.6. The van der Waals surface area contributed by atoms with Gasteiger partial charge < -0.3 is 0 Å². The molecule has 6 aromatic heterocycles. The van der Waals surface area contributed by atoms with Crippen LogP contribution in [0.3, 0.4) is 0 Å². The zero-order valence-electron chi connectivity index (χ0n) is 74.2. The quantitative estimate of drug-likeness (QED) is 0.0255. The molecule has 6 heterocycles. The molecule has 36 heteroatoms. The summed E-state index contributed by atoms with van der Waals surface area (Å²) in [5, 5.41) is 16.9. The Kier molecular flexibility index (Phi) is 65.0. The van der Waals surface area contributed by atoms with Crippen molar-refractivity contribution in [3.63, 3.8) is 0 Å². The molecule has 0 saturated carbocycles. The largest absolute Gasteiger partial charge is 0.196 e. The van der Waals surface area contributed by atoms with Crippen molar-refractivity contribution in [2.45, 2.75) is 388 Å². The van der Waals surface area contributed by atoms with E-state index in [-0.39, 0.29) is 14.2 Å². The Morgan fingerprint density at radius 1 is 0.202 bits per heavy atom. The van der Waals surface area contributed by atoms with E-state index in [0.29, 0.717) is 33.5 Å². The van der Waals surface area contributed by atoms with E-state index < -0.39 is 0 Å². The van der Waals surface area contributed by atoms with Crippen LogP contribution in [0.4, 0.5) is 0 Å². The molecular weight excluding hydrogens is 1770 g/mol. The van der Waals surface area contributed by atoms with E-state index in [1.54, 1.807) is 212 Å². The van der Waals surface area contributed by atoms with Crippen LogP contribution in [-0.4, -0.2) is 189 Å². The topological polar surface area (TPSA) is 232 Å². The predicted molar refractivity (Wildman–Crippen MR) is 525 cm³/mol. The van der Waals surface area contributed by atoms with Gasteiger partial charge in [-0.3, -0.25) is 0 Å². The van der Waals surface area contributed by atoms with Crippen molar-refractivity contribution >= 4 is 212 Å². The number of hydrogen-bond donors (Lipinski definition) is 0. The minimum absolute atomic E-state index is 0.0920. The Balaban J connectivity index is 0.000000686. The van der Waals surface area contributed by atoms with Crippen LogP contribution in [0, 0.1) is 17.8 Å². The summed E-state index contributed by atoms with van der Waals surface area (Å²) in [4.78, 5) is 81.7. The Hall–Kier alpha value is 0.360. The molecule has 0 aliphatic heterocycles. The minimum Gasteiger partial charge on any atom is -0.196 e. The molecule has 6 aromatic rings. The first-order valence-electron chi connectivity index (χ1n) is 40.0. The second-order valence-corrected chi connectivity index (χ2v) is 52.8. The molecule has 0 aliphatic carbocycles. The molecule has 18 nitrogen and oxygen atoms in total. The Labute approximate surface area is 768 Å². The summed E-state index contributed by atoms with van der Waals surface area (Å²) in [6.45, 7) is 65.3. The van der Waals surface area contributed by atoms with Gasteiger partial charge in [0, 0.05) is 81.8 Å². The van der Waals surface area contributed by atoms with Gasteiger partial charge in [-0.05, 0) is 73.5 Å². The molecule has 0 radical (unpaired) electrons. The van der Waals surface area contributed by atoms with Crippen LogP contribution in [0.15, 0.2) is 92.8 Å². The van der Waals surface area contributed by atoms with Gasteiger partial charge in [-0.2, -0.15) is 89.7 Å². The van der Waals surface area contributed by atoms with Crippen LogP contribution in [-0.2, 0) is 0 Å². The summed E-state index contributed by atoms with van der Waals surface area (Å²) < 4.78 is 0.276. The molecule has 0 spiro atoms. The van der Waals surface area contributed by atoms with Gasteiger partial charge in [0.05, 0.1) is 0 Å². The first-order valence-corrected chi connectivity index (χ1v) is 56.9. The lowest BCUT2D eigenvalue weighted by atomic mass is 10.3. The fraction of sp³-hybridized carbons (Fsp3) is 0.769. The molecule has 0 N–H and O–H groups in total. The molecule has 0 amide bonds. The maximum atomic E-state index is 4.62. The highest BCUT2D eigenvalue weighted by Gasteiger charge is 2.24. The highest BCUT2D eigenvalue weighted by Crippen LogP contribution is 2.38. The summed E-state index contributed by atoms with van der Waals surface area (Å²) in [7, 11) is 0. The average Bonchev–Trinajstić information content (AvgIpc) is 0.848. The van der Waals surface area contributed by atoms with Crippen molar-refractivity contribution in [2.75, 3.05) is 69.0 Å². The van der Waals surface area contributed by atoms with Crippen LogP contribution >= 0.6 is 212 Å². The van der Waals surface area contributed by atoms with E-state index in [4.69, 9.17) is 0 Å². The van der Waals surface area contributed by atoms with Crippen molar-refractivity contribution in [1.29, 1.82) is 0 Å². The van der Waals surface area contributed by atoms with Gasteiger partial charge in [-0.25, -0.2) is 0 Å². The van der Waals surface area contributed by atoms with Crippen LogP contribution < -0.4 is 0 Å². The van der Waals surface area contributed by atoms with Gasteiger partial charge in [0.1, 0.15) is 0 Å². The molecule has 6 rings (SSSR count). The third-order valence-corrected chi connectivity index (χ3v) is 29.1. The van der Waals surface area contributed by atoms with Crippen molar-refractivity contribution in [3.05, 3.63) is 0 Å². The Bertz CT molecular complexity index is 3060. The number of thioether (sulfide) groups is 18. The van der Waals surface area contributed by atoms with Crippen LogP contribution in [0.1, 0.15) is 265 Å². The van der Waals surface area contributed by atoms with E-state index in [1.165, 1.54) is 38.5 Å². The van der Waals surface area contributed by atoms with Crippen molar-refractivity contribution in [3.8, 4) is 0 Å². The first-order chi connectivity index (χ1) is 53.8. The second kappa shape index (κ2) is 65.9. The Morgan fingerprint density at radius 2 is 0.368 bits per heavy atom. The number of aromatic nitrogens is 18. The molecule has 0 aliphatic rings. The van der Waals surface area contributed by atoms with Gasteiger partial charge >= 0.3 is 0 Å². The lowest BCUT2D eigenvalue weighted by Gasteiger charge is -2.21. The van der Waals surface area contributed by atoms with Gasteiger partial charge in [0.15, 0.2) is 92.8 Å². The molecule has 0 bridgehead atoms. The molecule has 648 valence electrons. The van der Waals surface area contributed by atoms with E-state index >= 15 is 0 Å². The maximum absolute atomic E-state index is 4.62. The third-order valence-electron chi connectivity index (χ3n) is 11.6. The molecule has 0 saturated heterocycles. The molecule has 0 aromatic carbocycles. The molecule has 0 fully saturated rings. The van der Waals surface area contributed by atoms with Gasteiger partial charge in [0.25, 0.3) is 0 Å². The molecule has 0 atom stereocenters. The maximum Gasteiger partial charge on any atom is 0.193 e. The first kappa shape index (κ1) is 112. The average molecular weight is 1910 g/mol. The zero-order chi connectivity index (χ0) is 85.7. The van der Waals surface area contributed by atoms with E-state index in [2.05, 4.69) is 297 Å². The lowest BCUT2D eigenvalue weighted by Crippen LogP contribution is -2.14. The zero-order valence-corrected chi connectivity index (χ0v) is 88.9. The summed E-state index contributed by atoms with van der Waals surface area (Å²) in [6, 6.07) is 0. The van der Waals surface area contributed by atoms with Gasteiger partial charge in [0.2, 0.25) is 0 Å². The number of nitrogens with zero attached hydrogens (tertiary/aromatic N) is 18. The van der Waals surface area contributed by atoms with E-state index in [1.807, 2.05) is 0 Å². The summed E-state index contributed by atoms with van der Waals surface area (Å²) >= 11 is 30.8.